The fraction of sp³-hybridized carbons (Fsp3) is 0. The average Bonchev–Trinajstić information content (AvgIpc) is 2.57. The van der Waals surface area contributed by atoms with Crippen LogP contribution in [0.1, 0.15) is 0 Å². The first-order valence-electron chi connectivity index (χ1n) is 3.61. The monoisotopic (exact) mass is 197 g/mol. The fourth-order valence-electron chi connectivity index (χ4n) is 1.08. The summed E-state index contributed by atoms with van der Waals surface area (Å²) in [4.78, 5) is 3.85. The molecule has 0 spiro atoms. The van der Waals surface area contributed by atoms with E-state index >= 15 is 0 Å². The lowest BCUT2D eigenvalue weighted by Crippen LogP contribution is -1.88. The first-order chi connectivity index (χ1) is 6.29. The van der Waals surface area contributed by atoms with Crippen LogP contribution in [0, 0.1) is 11.6 Å². The molecule has 0 saturated carbocycles. The molecular weight excluding hydrogens is 192 g/mol. The van der Waals surface area contributed by atoms with E-state index in [1.54, 1.807) is 10.9 Å². The van der Waals surface area contributed by atoms with E-state index in [-0.39, 0.29) is 5.56 Å². The van der Waals surface area contributed by atoms with Gasteiger partial charge < -0.3 is 0 Å². The Kier molecular flexibility index (Phi) is 2.06. The Labute approximate surface area is 77.7 Å². The summed E-state index contributed by atoms with van der Waals surface area (Å²) in [7, 11) is 0. The van der Waals surface area contributed by atoms with Gasteiger partial charge in [0.25, 0.3) is 0 Å². The highest BCUT2D eigenvalue weighted by Crippen LogP contribution is 2.25. The molecule has 1 nitrogen and oxygen atoms in total. The van der Waals surface area contributed by atoms with Crippen LogP contribution >= 0.6 is 11.3 Å². The van der Waals surface area contributed by atoms with Crippen LogP contribution in [-0.2, 0) is 0 Å². The number of hydrogen-bond donors (Lipinski definition) is 0. The number of hydrogen-bond acceptors (Lipinski definition) is 2. The summed E-state index contributed by atoms with van der Waals surface area (Å²) in [5.74, 6) is -1.16. The highest BCUT2D eigenvalue weighted by molar-refractivity contribution is 7.07. The van der Waals surface area contributed by atoms with Gasteiger partial charge in [-0.05, 0) is 12.1 Å². The van der Waals surface area contributed by atoms with E-state index in [4.69, 9.17) is 0 Å². The van der Waals surface area contributed by atoms with Gasteiger partial charge in [-0.1, -0.05) is 6.07 Å². The van der Waals surface area contributed by atoms with Crippen molar-refractivity contribution in [2.75, 3.05) is 0 Å². The van der Waals surface area contributed by atoms with E-state index < -0.39 is 11.6 Å². The number of aromatic nitrogens is 1. The van der Waals surface area contributed by atoms with Gasteiger partial charge in [0.05, 0.1) is 16.8 Å². The standard InChI is InChI=1S/C9H5F2NS/c10-6-2-1-3-7(11)9(6)8-4-13-5-12-8/h1-5H. The third kappa shape index (κ3) is 1.45. The van der Waals surface area contributed by atoms with Gasteiger partial charge in [0.2, 0.25) is 0 Å². The molecule has 0 N–H and O–H groups in total. The van der Waals surface area contributed by atoms with Crippen LogP contribution in [0.4, 0.5) is 8.78 Å². The van der Waals surface area contributed by atoms with Crippen LogP contribution in [-0.4, -0.2) is 4.98 Å². The van der Waals surface area contributed by atoms with Gasteiger partial charge in [0.15, 0.2) is 0 Å². The van der Waals surface area contributed by atoms with E-state index in [1.165, 1.54) is 29.5 Å². The van der Waals surface area contributed by atoms with Crippen molar-refractivity contribution in [1.82, 2.24) is 4.98 Å². The lowest BCUT2D eigenvalue weighted by atomic mass is 10.1. The molecule has 1 heterocycles. The largest absolute Gasteiger partial charge is 0.244 e. The van der Waals surface area contributed by atoms with Crippen LogP contribution in [0.2, 0.25) is 0 Å². The molecular formula is C9H5F2NS. The Morgan fingerprint density at radius 2 is 1.85 bits per heavy atom. The van der Waals surface area contributed by atoms with Gasteiger partial charge >= 0.3 is 0 Å². The Bertz CT molecular complexity index is 391. The Hall–Kier alpha value is -1.29. The highest BCUT2D eigenvalue weighted by atomic mass is 32.1. The molecule has 2 aromatic rings. The van der Waals surface area contributed by atoms with Crippen molar-refractivity contribution in [2.45, 2.75) is 0 Å². The normalized spacial score (nSPS) is 10.3. The maximum absolute atomic E-state index is 13.1. The van der Waals surface area contributed by atoms with E-state index in [1.807, 2.05) is 0 Å². The predicted octanol–water partition coefficient (Wildman–Crippen LogP) is 3.09. The van der Waals surface area contributed by atoms with Crippen LogP contribution in [0.3, 0.4) is 0 Å². The molecule has 66 valence electrons. The van der Waals surface area contributed by atoms with Gasteiger partial charge in [0.1, 0.15) is 11.6 Å². The number of thiazole rings is 1. The molecule has 0 atom stereocenters. The lowest BCUT2D eigenvalue weighted by molar-refractivity contribution is 0.589. The summed E-state index contributed by atoms with van der Waals surface area (Å²) in [6.45, 7) is 0. The highest BCUT2D eigenvalue weighted by Gasteiger charge is 2.11. The van der Waals surface area contributed by atoms with Crippen LogP contribution in [0.15, 0.2) is 29.1 Å². The number of benzene rings is 1. The van der Waals surface area contributed by atoms with Crippen LogP contribution < -0.4 is 0 Å². The summed E-state index contributed by atoms with van der Waals surface area (Å²) >= 11 is 1.31. The molecule has 2 rings (SSSR count). The Morgan fingerprint density at radius 1 is 1.15 bits per heavy atom. The lowest BCUT2D eigenvalue weighted by Gasteiger charge is -1.99. The van der Waals surface area contributed by atoms with Crippen molar-refractivity contribution in [2.24, 2.45) is 0 Å². The second kappa shape index (κ2) is 3.22. The average molecular weight is 197 g/mol. The smallest absolute Gasteiger partial charge is 0.135 e. The van der Waals surface area contributed by atoms with Crippen molar-refractivity contribution < 1.29 is 8.78 Å². The molecule has 0 amide bonds. The zero-order chi connectivity index (χ0) is 9.26. The summed E-state index contributed by atoms with van der Waals surface area (Å²) in [5, 5.41) is 1.61. The summed E-state index contributed by atoms with van der Waals surface area (Å²) in [6, 6.07) is 3.77. The molecule has 1 aromatic carbocycles. The molecule has 0 aliphatic heterocycles. The first kappa shape index (κ1) is 8.31. The third-order valence-electron chi connectivity index (χ3n) is 1.65. The summed E-state index contributed by atoms with van der Waals surface area (Å²) in [5.41, 5.74) is 1.84. The maximum Gasteiger partial charge on any atom is 0.135 e. The molecule has 0 fully saturated rings. The van der Waals surface area contributed by atoms with Crippen molar-refractivity contribution in [1.29, 1.82) is 0 Å². The zero-order valence-electron chi connectivity index (χ0n) is 6.50. The SMILES string of the molecule is Fc1cccc(F)c1-c1cscn1. The van der Waals surface area contributed by atoms with E-state index in [2.05, 4.69) is 4.98 Å². The van der Waals surface area contributed by atoms with Gasteiger partial charge in [-0.15, -0.1) is 11.3 Å². The molecule has 13 heavy (non-hydrogen) atoms. The predicted molar refractivity (Wildman–Crippen MR) is 47.5 cm³/mol. The van der Waals surface area contributed by atoms with Crippen molar-refractivity contribution >= 4 is 11.3 Å². The molecule has 1 aromatic heterocycles. The quantitative estimate of drug-likeness (QED) is 0.684. The van der Waals surface area contributed by atoms with E-state index in [0.29, 0.717) is 5.69 Å². The van der Waals surface area contributed by atoms with E-state index in [9.17, 15) is 8.78 Å². The number of nitrogens with zero attached hydrogens (tertiary/aromatic N) is 1. The second-order valence-electron chi connectivity index (χ2n) is 2.47. The fourth-order valence-corrected chi connectivity index (χ4v) is 1.62. The minimum atomic E-state index is -0.578. The maximum atomic E-state index is 13.1. The number of halogens is 2. The third-order valence-corrected chi connectivity index (χ3v) is 2.24. The molecule has 0 aliphatic rings. The molecule has 4 heteroatoms. The first-order valence-corrected chi connectivity index (χ1v) is 4.56. The molecule has 0 radical (unpaired) electrons. The minimum Gasteiger partial charge on any atom is -0.244 e. The van der Waals surface area contributed by atoms with Gasteiger partial charge in [0, 0.05) is 5.38 Å². The van der Waals surface area contributed by atoms with Crippen molar-refractivity contribution in [3.05, 3.63) is 40.7 Å². The van der Waals surface area contributed by atoms with Gasteiger partial charge in [-0.2, -0.15) is 0 Å². The van der Waals surface area contributed by atoms with Gasteiger partial charge in [-0.25, -0.2) is 13.8 Å². The number of rotatable bonds is 1. The van der Waals surface area contributed by atoms with Crippen molar-refractivity contribution in [3.63, 3.8) is 0 Å². The second-order valence-corrected chi connectivity index (χ2v) is 3.19. The summed E-state index contributed by atoms with van der Waals surface area (Å²) in [6.07, 6.45) is 0. The Balaban J connectivity index is 2.64. The molecule has 0 bridgehead atoms. The van der Waals surface area contributed by atoms with Gasteiger partial charge in [-0.3, -0.25) is 0 Å². The van der Waals surface area contributed by atoms with Crippen molar-refractivity contribution in [3.8, 4) is 11.3 Å². The topological polar surface area (TPSA) is 12.9 Å². The zero-order valence-corrected chi connectivity index (χ0v) is 7.31. The molecule has 0 aliphatic carbocycles. The molecule has 0 saturated heterocycles. The molecule has 0 unspecified atom stereocenters. The summed E-state index contributed by atoms with van der Waals surface area (Å²) < 4.78 is 26.3. The van der Waals surface area contributed by atoms with E-state index in [0.717, 1.165) is 0 Å². The minimum absolute atomic E-state index is 0.0521. The van der Waals surface area contributed by atoms with Crippen LogP contribution in [0.25, 0.3) is 11.3 Å². The Morgan fingerprint density at radius 3 is 2.38 bits per heavy atom. The van der Waals surface area contributed by atoms with Crippen LogP contribution in [0.5, 0.6) is 0 Å².